The molecule has 0 spiro atoms. The van der Waals surface area contributed by atoms with E-state index in [2.05, 4.69) is 206 Å². The molecule has 10 aromatic rings. The first-order chi connectivity index (χ1) is 27.2. The van der Waals surface area contributed by atoms with Gasteiger partial charge in [0.1, 0.15) is 4.83 Å². The molecule has 2 aromatic heterocycles. The molecule has 0 radical (unpaired) electrons. The van der Waals surface area contributed by atoms with Crippen LogP contribution >= 0.6 is 11.3 Å². The number of thiophene rings is 1. The molecule has 0 amide bonds. The summed E-state index contributed by atoms with van der Waals surface area (Å²) in [4.78, 5) is 11.6. The third-order valence-electron chi connectivity index (χ3n) is 10.3. The fourth-order valence-corrected chi connectivity index (χ4v) is 8.59. The van der Waals surface area contributed by atoms with Gasteiger partial charge < -0.3 is 0 Å². The van der Waals surface area contributed by atoms with Gasteiger partial charge in [-0.05, 0) is 86.0 Å². The van der Waals surface area contributed by atoms with Crippen molar-refractivity contribution in [3.05, 3.63) is 206 Å². The lowest BCUT2D eigenvalue weighted by Crippen LogP contribution is -1.94. The topological polar surface area (TPSA) is 25.8 Å². The normalized spacial score (nSPS) is 11.3. The molecule has 0 bridgehead atoms. The van der Waals surface area contributed by atoms with E-state index < -0.39 is 0 Å². The monoisotopic (exact) mass is 718 g/mol. The van der Waals surface area contributed by atoms with E-state index in [0.29, 0.717) is 0 Å². The molecule has 55 heavy (non-hydrogen) atoms. The smallest absolute Gasteiger partial charge is 0.161 e. The SMILES string of the molecule is c1ccc(-c2ccc(-c3cccc(-c4nc(-c5cccc(-c6cccc(-c7cccc(-c8ccccc8)c7)c6)c5)nc5sc6ccccc6c45)c3)cc2)cc1. The highest BCUT2D eigenvalue weighted by atomic mass is 32.1. The second kappa shape index (κ2) is 14.1. The largest absolute Gasteiger partial charge is 0.227 e. The molecule has 0 N–H and O–H groups in total. The lowest BCUT2D eigenvalue weighted by atomic mass is 9.95. The predicted molar refractivity (Wildman–Crippen MR) is 233 cm³/mol. The van der Waals surface area contributed by atoms with E-state index in [1.165, 1.54) is 49.0 Å². The Morgan fingerprint density at radius 1 is 0.291 bits per heavy atom. The maximum absolute atomic E-state index is 5.39. The molecule has 258 valence electrons. The molecule has 2 heterocycles. The number of benzene rings is 8. The molecule has 0 saturated carbocycles. The Labute approximate surface area is 324 Å². The molecule has 2 nitrogen and oxygen atoms in total. The van der Waals surface area contributed by atoms with Crippen molar-refractivity contribution in [2.24, 2.45) is 0 Å². The van der Waals surface area contributed by atoms with E-state index in [0.717, 1.165) is 49.6 Å². The average Bonchev–Trinajstić information content (AvgIpc) is 3.66. The molecule has 0 atom stereocenters. The Hall–Kier alpha value is -6.94. The van der Waals surface area contributed by atoms with Crippen LogP contribution in [0.2, 0.25) is 0 Å². The summed E-state index contributed by atoms with van der Waals surface area (Å²) < 4.78 is 1.21. The zero-order valence-corrected chi connectivity index (χ0v) is 30.7. The van der Waals surface area contributed by atoms with Crippen LogP contribution in [0.5, 0.6) is 0 Å². The summed E-state index contributed by atoms with van der Waals surface area (Å²) in [6.45, 7) is 0. The maximum atomic E-state index is 5.39. The predicted octanol–water partition coefficient (Wildman–Crippen LogP) is 14.5. The molecule has 0 saturated heterocycles. The van der Waals surface area contributed by atoms with Crippen molar-refractivity contribution in [3.8, 4) is 78.3 Å². The summed E-state index contributed by atoms with van der Waals surface area (Å²) in [5.74, 6) is 0.722. The van der Waals surface area contributed by atoms with Crippen LogP contribution in [0.25, 0.3) is 98.6 Å². The van der Waals surface area contributed by atoms with Crippen LogP contribution in [-0.2, 0) is 0 Å². The van der Waals surface area contributed by atoms with E-state index >= 15 is 0 Å². The van der Waals surface area contributed by atoms with Gasteiger partial charge in [0.15, 0.2) is 5.82 Å². The van der Waals surface area contributed by atoms with Crippen molar-refractivity contribution >= 4 is 31.6 Å². The molecular formula is C52H34N2S. The lowest BCUT2D eigenvalue weighted by Gasteiger charge is -2.11. The Kier molecular flexibility index (Phi) is 8.40. The van der Waals surface area contributed by atoms with Crippen LogP contribution in [0.1, 0.15) is 0 Å². The molecule has 0 aliphatic carbocycles. The first-order valence-corrected chi connectivity index (χ1v) is 19.4. The highest BCUT2D eigenvalue weighted by molar-refractivity contribution is 7.25. The zero-order valence-electron chi connectivity index (χ0n) is 29.9. The first kappa shape index (κ1) is 32.7. The molecule has 10 rings (SSSR count). The fourth-order valence-electron chi connectivity index (χ4n) is 7.52. The Morgan fingerprint density at radius 2 is 0.673 bits per heavy atom. The summed E-state index contributed by atoms with van der Waals surface area (Å²) in [5, 5.41) is 2.28. The Balaban J connectivity index is 1.04. The fraction of sp³-hybridized carbons (Fsp3) is 0. The second-order valence-corrected chi connectivity index (χ2v) is 14.8. The quantitative estimate of drug-likeness (QED) is 0.164. The summed E-state index contributed by atoms with van der Waals surface area (Å²) in [5.41, 5.74) is 14.8. The minimum atomic E-state index is 0.722. The van der Waals surface area contributed by atoms with Gasteiger partial charge in [0.2, 0.25) is 0 Å². The van der Waals surface area contributed by atoms with Crippen molar-refractivity contribution in [2.45, 2.75) is 0 Å². The number of hydrogen-bond acceptors (Lipinski definition) is 3. The number of hydrogen-bond donors (Lipinski definition) is 0. The van der Waals surface area contributed by atoms with Crippen molar-refractivity contribution in [1.29, 1.82) is 0 Å². The molecular weight excluding hydrogens is 685 g/mol. The third-order valence-corrected chi connectivity index (χ3v) is 11.4. The highest BCUT2D eigenvalue weighted by Gasteiger charge is 2.18. The molecule has 0 aliphatic heterocycles. The number of nitrogens with zero attached hydrogens (tertiary/aromatic N) is 2. The van der Waals surface area contributed by atoms with E-state index in [1.807, 2.05) is 0 Å². The molecule has 3 heteroatoms. The van der Waals surface area contributed by atoms with Gasteiger partial charge in [-0.2, -0.15) is 0 Å². The van der Waals surface area contributed by atoms with E-state index in [4.69, 9.17) is 9.97 Å². The standard InChI is InChI=1S/C52H34N2S/c1-3-13-35(14-4-1)37-27-29-38(30-28-37)40-18-11-23-45(33-40)50-49-47-25-7-8-26-48(47)55-52(49)54-51(53-50)46-24-12-22-44(34-46)43-21-10-20-42(32-43)41-19-9-17-39(31-41)36-15-5-2-6-16-36/h1-34H. The van der Waals surface area contributed by atoms with Crippen LogP contribution < -0.4 is 0 Å². The Bertz CT molecular complexity index is 2960. The van der Waals surface area contributed by atoms with Gasteiger partial charge in [-0.3, -0.25) is 0 Å². The van der Waals surface area contributed by atoms with Gasteiger partial charge >= 0.3 is 0 Å². The van der Waals surface area contributed by atoms with Gasteiger partial charge in [-0.25, -0.2) is 9.97 Å². The van der Waals surface area contributed by atoms with Crippen LogP contribution in [0.15, 0.2) is 206 Å². The van der Waals surface area contributed by atoms with Crippen LogP contribution in [0, 0.1) is 0 Å². The van der Waals surface area contributed by atoms with Crippen molar-refractivity contribution in [2.75, 3.05) is 0 Å². The number of aromatic nitrogens is 2. The summed E-state index contributed by atoms with van der Waals surface area (Å²) in [6.07, 6.45) is 0. The van der Waals surface area contributed by atoms with Crippen LogP contribution in [0.4, 0.5) is 0 Å². The third kappa shape index (κ3) is 6.41. The van der Waals surface area contributed by atoms with E-state index in [1.54, 1.807) is 11.3 Å². The lowest BCUT2D eigenvalue weighted by molar-refractivity contribution is 1.24. The Morgan fingerprint density at radius 3 is 1.25 bits per heavy atom. The maximum Gasteiger partial charge on any atom is 0.161 e. The van der Waals surface area contributed by atoms with Gasteiger partial charge in [-0.15, -0.1) is 11.3 Å². The van der Waals surface area contributed by atoms with Crippen molar-refractivity contribution in [1.82, 2.24) is 9.97 Å². The minimum absolute atomic E-state index is 0.722. The summed E-state index contributed by atoms with van der Waals surface area (Å²) in [7, 11) is 0. The molecule has 8 aromatic carbocycles. The minimum Gasteiger partial charge on any atom is -0.227 e. The molecule has 0 aliphatic rings. The number of fused-ring (bicyclic) bond motifs is 3. The van der Waals surface area contributed by atoms with E-state index in [9.17, 15) is 0 Å². The van der Waals surface area contributed by atoms with Crippen LogP contribution in [0.3, 0.4) is 0 Å². The van der Waals surface area contributed by atoms with E-state index in [-0.39, 0.29) is 0 Å². The zero-order chi connectivity index (χ0) is 36.6. The van der Waals surface area contributed by atoms with Gasteiger partial charge in [-0.1, -0.05) is 176 Å². The van der Waals surface area contributed by atoms with Gasteiger partial charge in [0.25, 0.3) is 0 Å². The summed E-state index contributed by atoms with van der Waals surface area (Å²) in [6, 6.07) is 73.4. The van der Waals surface area contributed by atoms with Crippen molar-refractivity contribution in [3.63, 3.8) is 0 Å². The molecule has 0 unspecified atom stereocenters. The number of rotatable bonds is 7. The van der Waals surface area contributed by atoms with Crippen molar-refractivity contribution < 1.29 is 0 Å². The average molecular weight is 719 g/mol. The molecule has 0 fully saturated rings. The second-order valence-electron chi connectivity index (χ2n) is 13.8. The van der Waals surface area contributed by atoms with Gasteiger partial charge in [0.05, 0.1) is 5.69 Å². The van der Waals surface area contributed by atoms with Gasteiger partial charge in [0, 0.05) is 26.6 Å². The first-order valence-electron chi connectivity index (χ1n) is 18.6. The highest BCUT2D eigenvalue weighted by Crippen LogP contribution is 2.41. The summed E-state index contributed by atoms with van der Waals surface area (Å²) >= 11 is 1.73. The van der Waals surface area contributed by atoms with Crippen LogP contribution in [-0.4, -0.2) is 9.97 Å².